The third-order valence-electron chi connectivity index (χ3n) is 11.0. The Morgan fingerprint density at radius 2 is 0.986 bits per heavy atom. The predicted molar refractivity (Wildman–Crippen MR) is 257 cm³/mol. The maximum absolute atomic E-state index is 11.9. The molecule has 0 radical (unpaired) electrons. The molecule has 2 aromatic carbocycles. The maximum Gasteiger partial charge on any atom is 0.365 e. The van der Waals surface area contributed by atoms with Crippen molar-refractivity contribution < 1.29 is 87.1 Å². The molecule has 0 bridgehead atoms. The van der Waals surface area contributed by atoms with E-state index in [1.54, 1.807) is 0 Å². The fourth-order valence-corrected chi connectivity index (χ4v) is 9.15. The molecule has 0 spiro atoms. The van der Waals surface area contributed by atoms with Crippen LogP contribution in [0.25, 0.3) is 22.3 Å². The lowest BCUT2D eigenvalue weighted by Crippen LogP contribution is -2.36. The minimum Gasteiger partial charge on any atom is -0.464 e. The molecule has 2 saturated heterocycles. The molecular weight excluding hydrogens is 1070 g/mol. The smallest absolute Gasteiger partial charge is 0.365 e. The highest BCUT2D eigenvalue weighted by Gasteiger charge is 2.48. The van der Waals surface area contributed by atoms with Crippen LogP contribution in [-0.4, -0.2) is 166 Å². The van der Waals surface area contributed by atoms with E-state index in [-0.39, 0.29) is 35.1 Å². The Morgan fingerprint density at radius 1 is 0.622 bits per heavy atom. The van der Waals surface area contributed by atoms with Gasteiger partial charge < -0.3 is 79.1 Å². The van der Waals surface area contributed by atoms with Crippen molar-refractivity contribution in [1.29, 1.82) is 0 Å². The van der Waals surface area contributed by atoms with Crippen LogP contribution in [0.3, 0.4) is 0 Å². The van der Waals surface area contributed by atoms with Gasteiger partial charge in [-0.25, -0.2) is 19.6 Å². The number of aromatic nitrogens is 8. The third kappa shape index (κ3) is 13.4. The number of hydrogen-bond acceptors (Lipinski definition) is 22. The first kappa shape index (κ1) is 56.4. The van der Waals surface area contributed by atoms with Crippen molar-refractivity contribution in [3.05, 3.63) is 95.0 Å². The first-order chi connectivity index (χ1) is 35.2. The summed E-state index contributed by atoms with van der Waals surface area (Å²) in [5.74, 6) is -6.27. The summed E-state index contributed by atoms with van der Waals surface area (Å²) < 4.78 is 56.9. The zero-order valence-electron chi connectivity index (χ0n) is 38.8. The Hall–Kier alpha value is -5.36. The number of carbonyl (C=O) groups is 2. The lowest BCUT2D eigenvalue weighted by atomic mass is 10.1. The molecule has 0 amide bonds. The summed E-state index contributed by atoms with van der Waals surface area (Å²) in [6.07, 6.45) is -8.36. The van der Waals surface area contributed by atoms with Gasteiger partial charge in [0.25, 0.3) is 11.7 Å². The Morgan fingerprint density at radius 3 is 1.32 bits per heavy atom. The van der Waals surface area contributed by atoms with E-state index < -0.39 is 101 Å². The van der Waals surface area contributed by atoms with Gasteiger partial charge in [-0.15, -0.1) is 0 Å². The Kier molecular flexibility index (Phi) is 18.7. The average Bonchev–Trinajstić information content (AvgIpc) is 4.11. The van der Waals surface area contributed by atoms with E-state index in [1.807, 2.05) is 60.7 Å². The lowest BCUT2D eigenvalue weighted by molar-refractivity contribution is -0.156. The van der Waals surface area contributed by atoms with Crippen molar-refractivity contribution in [3.8, 4) is 0 Å². The Labute approximate surface area is 428 Å². The maximum atomic E-state index is 11.9. The molecule has 32 heteroatoms. The number of imidazole rings is 2. The zero-order valence-corrected chi connectivity index (χ0v) is 42.1. The van der Waals surface area contributed by atoms with E-state index >= 15 is 0 Å². The van der Waals surface area contributed by atoms with Gasteiger partial charge in [0, 0.05) is 13.1 Å². The second-order valence-electron chi connectivity index (χ2n) is 16.2. The fraction of sp³-hybridized carbons (Fsp3) is 0.429. The van der Waals surface area contributed by atoms with Crippen molar-refractivity contribution in [2.75, 3.05) is 37.1 Å². The first-order valence-electron chi connectivity index (χ1n) is 22.3. The molecule has 2 fully saturated rings. The first-order valence-corrected chi connectivity index (χ1v) is 26.4. The number of rotatable bonds is 20. The quantitative estimate of drug-likeness (QED) is 0.0295. The number of nitrogens with one attached hydrogen (secondary N) is 2. The lowest BCUT2D eigenvalue weighted by Gasteiger charge is -2.20. The summed E-state index contributed by atoms with van der Waals surface area (Å²) in [6, 6.07) is 19.1. The molecule has 6 aromatic rings. The molecule has 8 rings (SSSR count). The van der Waals surface area contributed by atoms with Crippen molar-refractivity contribution in [1.82, 2.24) is 39.0 Å². The standard InChI is InChI=1S/2C21H25ClN5O9P/c2*1-2-34-19(30)20(37(31,32)33)35-9-12-14(28)15(29)18(36-12)27-10-24-13-16(25-21(22)26-17(13)27)23-8-11-6-4-3-5-7-11/h2*3-7,10,12,14-15,18,20,28-29H,2,8-9H2,1H3,(H,23,25,26)(H2,31,32,33)/t12-,14-,15-,18-,20+;12-,14-,15-,18-,20-/m11/s1. The van der Waals surface area contributed by atoms with Crippen molar-refractivity contribution >= 4 is 84.3 Å². The van der Waals surface area contributed by atoms with Crippen LogP contribution in [0.5, 0.6) is 0 Å². The minimum absolute atomic E-state index is 0.100. The molecule has 0 aliphatic carbocycles. The third-order valence-corrected chi connectivity index (χ3v) is 13.3. The summed E-state index contributed by atoms with van der Waals surface area (Å²) in [5.41, 5.74) is 3.04. The molecule has 4 aromatic heterocycles. The number of ether oxygens (including phenoxy) is 6. The summed E-state index contributed by atoms with van der Waals surface area (Å²) in [7, 11) is -10.1. The van der Waals surface area contributed by atoms with Crippen LogP contribution in [0.1, 0.15) is 37.4 Å². The van der Waals surface area contributed by atoms with E-state index in [4.69, 9.17) is 42.1 Å². The molecule has 74 heavy (non-hydrogen) atoms. The van der Waals surface area contributed by atoms with Crippen LogP contribution < -0.4 is 10.6 Å². The highest BCUT2D eigenvalue weighted by Crippen LogP contribution is 2.44. The van der Waals surface area contributed by atoms with Gasteiger partial charge >= 0.3 is 27.1 Å². The molecule has 28 nitrogen and oxygen atoms in total. The number of fused-ring (bicyclic) bond motifs is 2. The number of aliphatic hydroxyl groups is 4. The topological polar surface area (TPSA) is 397 Å². The second kappa shape index (κ2) is 24.5. The van der Waals surface area contributed by atoms with Crippen molar-refractivity contribution in [3.63, 3.8) is 0 Å². The number of anilines is 2. The van der Waals surface area contributed by atoms with Crippen LogP contribution in [-0.2, 0) is 60.2 Å². The highest BCUT2D eigenvalue weighted by molar-refractivity contribution is 7.53. The molecule has 10 atom stereocenters. The van der Waals surface area contributed by atoms with E-state index in [0.717, 1.165) is 11.1 Å². The molecule has 400 valence electrons. The van der Waals surface area contributed by atoms with Gasteiger partial charge in [-0.3, -0.25) is 18.3 Å². The van der Waals surface area contributed by atoms with Gasteiger partial charge in [-0.1, -0.05) is 60.7 Å². The largest absolute Gasteiger partial charge is 0.464 e. The van der Waals surface area contributed by atoms with Crippen LogP contribution in [0.2, 0.25) is 10.6 Å². The van der Waals surface area contributed by atoms with Crippen LogP contribution in [0, 0.1) is 0 Å². The van der Waals surface area contributed by atoms with E-state index in [2.05, 4.69) is 50.0 Å². The van der Waals surface area contributed by atoms with Gasteiger partial charge in [0.05, 0.1) is 39.1 Å². The molecule has 2 aliphatic heterocycles. The van der Waals surface area contributed by atoms with Gasteiger partial charge in [-0.2, -0.15) is 19.9 Å². The number of benzene rings is 2. The van der Waals surface area contributed by atoms with Gasteiger partial charge in [-0.05, 0) is 48.2 Å². The highest BCUT2D eigenvalue weighted by atomic mass is 35.5. The summed E-state index contributed by atoms with van der Waals surface area (Å²) >= 11 is 12.2. The van der Waals surface area contributed by atoms with Crippen LogP contribution >= 0.6 is 38.4 Å². The number of aliphatic hydroxyl groups excluding tert-OH is 4. The Bertz CT molecular complexity index is 2780. The molecule has 10 N–H and O–H groups in total. The van der Waals surface area contributed by atoms with Crippen molar-refractivity contribution in [2.24, 2.45) is 0 Å². The molecular formula is C42H50Cl2N10O18P2. The zero-order chi connectivity index (χ0) is 53.5. The second-order valence-corrected chi connectivity index (χ2v) is 20.1. The minimum atomic E-state index is -5.04. The monoisotopic (exact) mass is 1110 g/mol. The number of carbonyl (C=O) groups excluding carboxylic acids is 2. The van der Waals surface area contributed by atoms with E-state index in [0.29, 0.717) is 35.8 Å². The van der Waals surface area contributed by atoms with Gasteiger partial charge in [0.1, 0.15) is 36.6 Å². The predicted octanol–water partition coefficient (Wildman–Crippen LogP) is 1.59. The SMILES string of the molecule is CCOC(=O)[C@@H](OC[C@H]1O[C@@H](n2cnc3c(NCc4ccccc4)nc(Cl)nc32)[C@H](O)[C@@H]1O)P(=O)(O)O.CCOC(=O)[C@H](OC[C@H]1O[C@@H](n2cnc3c(NCc4ccccc4)nc(Cl)nc32)[C@H](O)[C@@H]1O)P(=O)(O)O. The van der Waals surface area contributed by atoms with Crippen LogP contribution in [0.4, 0.5) is 11.6 Å². The van der Waals surface area contributed by atoms with Crippen molar-refractivity contribution in [2.45, 2.75) is 87.7 Å². The van der Waals surface area contributed by atoms with Gasteiger partial charge in [0.2, 0.25) is 10.6 Å². The molecule has 2 aliphatic rings. The summed E-state index contributed by atoms with van der Waals surface area (Å²) in [5, 5.41) is 48.4. The summed E-state index contributed by atoms with van der Waals surface area (Å²) in [6.45, 7) is 2.28. The van der Waals surface area contributed by atoms with E-state index in [1.165, 1.54) is 35.6 Å². The number of halogens is 2. The van der Waals surface area contributed by atoms with E-state index in [9.17, 15) is 58.7 Å². The summed E-state index contributed by atoms with van der Waals surface area (Å²) in [4.78, 5) is 86.9. The number of esters is 2. The molecule has 0 unspecified atom stereocenters. The normalized spacial score (nSPS) is 22.8. The number of hydrogen-bond donors (Lipinski definition) is 10. The molecule has 6 heterocycles. The van der Waals surface area contributed by atoms with Gasteiger partial charge in [0.15, 0.2) is 46.4 Å². The Balaban J connectivity index is 0.000000216. The average molecular weight is 1120 g/mol. The number of nitrogens with zero attached hydrogens (tertiary/aromatic N) is 8. The fourth-order valence-electron chi connectivity index (χ4n) is 7.56. The van der Waals surface area contributed by atoms with Crippen LogP contribution in [0.15, 0.2) is 73.3 Å². The molecule has 0 saturated carbocycles.